The largest absolute Gasteiger partial charge is 0.395 e. The maximum atomic E-state index is 13.7. The fraction of sp³-hybridized carbons (Fsp3) is 0.533. The van der Waals surface area contributed by atoms with Gasteiger partial charge < -0.3 is 10.0 Å². The molecule has 1 saturated heterocycles. The average Bonchev–Trinajstić information content (AvgIpc) is 2.90. The molecule has 0 aliphatic carbocycles. The molecule has 1 heterocycles. The summed E-state index contributed by atoms with van der Waals surface area (Å²) in [7, 11) is 1.63. The molecule has 0 spiro atoms. The number of aliphatic hydroxyl groups is 1. The van der Waals surface area contributed by atoms with E-state index < -0.39 is 5.82 Å². The van der Waals surface area contributed by atoms with Gasteiger partial charge in [-0.3, -0.25) is 9.69 Å². The van der Waals surface area contributed by atoms with Crippen LogP contribution in [-0.2, 0) is 11.3 Å². The van der Waals surface area contributed by atoms with E-state index in [1.807, 2.05) is 4.90 Å². The van der Waals surface area contributed by atoms with Crippen LogP contribution in [0, 0.1) is 5.82 Å². The van der Waals surface area contributed by atoms with Crippen molar-refractivity contribution in [1.82, 2.24) is 9.80 Å². The molecule has 4 nitrogen and oxygen atoms in total. The fourth-order valence-corrected chi connectivity index (χ4v) is 2.84. The van der Waals surface area contributed by atoms with Crippen molar-refractivity contribution >= 4 is 17.5 Å². The van der Waals surface area contributed by atoms with Gasteiger partial charge in [-0.25, -0.2) is 4.39 Å². The Kier molecular flexibility index (Phi) is 5.56. The molecule has 1 aromatic carbocycles. The molecule has 6 heteroatoms. The van der Waals surface area contributed by atoms with Gasteiger partial charge in [0.1, 0.15) is 5.82 Å². The molecular weight excluding hydrogens is 295 g/mol. The molecule has 116 valence electrons. The van der Waals surface area contributed by atoms with E-state index in [0.29, 0.717) is 10.6 Å². The number of hydrogen-bond donors (Lipinski definition) is 1. The SMILES string of the molecule is CN(Cc1c(F)cccc1Cl)C(=O)CN1CCC[C@@H]1CO. The molecule has 1 aromatic rings. The zero-order valence-electron chi connectivity index (χ0n) is 12.1. The molecule has 0 radical (unpaired) electrons. The monoisotopic (exact) mass is 314 g/mol. The van der Waals surface area contributed by atoms with Gasteiger partial charge in [0.15, 0.2) is 0 Å². The molecule has 21 heavy (non-hydrogen) atoms. The first-order chi connectivity index (χ1) is 10.0. The summed E-state index contributed by atoms with van der Waals surface area (Å²) in [5.74, 6) is -0.508. The molecule has 0 unspecified atom stereocenters. The number of likely N-dealkylation sites (N-methyl/N-ethyl adjacent to an activating group) is 1. The zero-order chi connectivity index (χ0) is 15.4. The molecule has 1 aliphatic rings. The highest BCUT2D eigenvalue weighted by Crippen LogP contribution is 2.21. The van der Waals surface area contributed by atoms with E-state index in [-0.39, 0.29) is 31.6 Å². The lowest BCUT2D eigenvalue weighted by Gasteiger charge is -2.25. The third-order valence-electron chi connectivity index (χ3n) is 3.93. The Bertz CT molecular complexity index is 492. The normalized spacial score (nSPS) is 19.0. The standard InChI is InChI=1S/C15H20ClFN2O2/c1-18(8-12-13(16)5-2-6-14(12)17)15(21)9-19-7-3-4-11(19)10-20/h2,5-6,11,20H,3-4,7-10H2,1H3/t11-/m1/s1. The molecule has 1 N–H and O–H groups in total. The minimum atomic E-state index is -0.406. The highest BCUT2D eigenvalue weighted by molar-refractivity contribution is 6.31. The zero-order valence-corrected chi connectivity index (χ0v) is 12.8. The maximum Gasteiger partial charge on any atom is 0.236 e. The number of likely N-dealkylation sites (tertiary alicyclic amines) is 1. The molecule has 1 aliphatic heterocycles. The first kappa shape index (κ1) is 16.2. The third kappa shape index (κ3) is 3.93. The number of nitrogens with zero attached hydrogens (tertiary/aromatic N) is 2. The molecule has 1 fully saturated rings. The van der Waals surface area contributed by atoms with E-state index in [9.17, 15) is 14.3 Å². The summed E-state index contributed by atoms with van der Waals surface area (Å²) < 4.78 is 13.7. The van der Waals surface area contributed by atoms with Crippen molar-refractivity contribution in [2.24, 2.45) is 0 Å². The van der Waals surface area contributed by atoms with Crippen LogP contribution in [0.2, 0.25) is 5.02 Å². The molecule has 0 bridgehead atoms. The van der Waals surface area contributed by atoms with E-state index in [1.54, 1.807) is 19.2 Å². The number of rotatable bonds is 5. The Balaban J connectivity index is 1.97. The fourth-order valence-electron chi connectivity index (χ4n) is 2.61. The topological polar surface area (TPSA) is 43.8 Å². The first-order valence-corrected chi connectivity index (χ1v) is 7.42. The Morgan fingerprint density at radius 1 is 1.57 bits per heavy atom. The van der Waals surface area contributed by atoms with Gasteiger partial charge in [0.25, 0.3) is 0 Å². The van der Waals surface area contributed by atoms with Crippen molar-refractivity contribution in [3.8, 4) is 0 Å². The molecule has 0 aromatic heterocycles. The second-order valence-electron chi connectivity index (χ2n) is 5.40. The molecule has 1 atom stereocenters. The quantitative estimate of drug-likeness (QED) is 0.902. The van der Waals surface area contributed by atoms with E-state index >= 15 is 0 Å². The minimum Gasteiger partial charge on any atom is -0.395 e. The smallest absolute Gasteiger partial charge is 0.236 e. The first-order valence-electron chi connectivity index (χ1n) is 7.04. The summed E-state index contributed by atoms with van der Waals surface area (Å²) in [4.78, 5) is 15.7. The number of benzene rings is 1. The summed E-state index contributed by atoms with van der Waals surface area (Å²) in [5, 5.41) is 9.59. The van der Waals surface area contributed by atoms with Gasteiger partial charge in [-0.1, -0.05) is 17.7 Å². The summed E-state index contributed by atoms with van der Waals surface area (Å²) in [6.07, 6.45) is 1.90. The average molecular weight is 315 g/mol. The Morgan fingerprint density at radius 3 is 3.00 bits per heavy atom. The lowest BCUT2D eigenvalue weighted by Crippen LogP contribution is -2.41. The number of amides is 1. The van der Waals surface area contributed by atoms with Crippen LogP contribution in [0.1, 0.15) is 18.4 Å². The Morgan fingerprint density at radius 2 is 2.33 bits per heavy atom. The highest BCUT2D eigenvalue weighted by atomic mass is 35.5. The van der Waals surface area contributed by atoms with Gasteiger partial charge >= 0.3 is 0 Å². The van der Waals surface area contributed by atoms with Gasteiger partial charge in [-0.05, 0) is 31.5 Å². The lowest BCUT2D eigenvalue weighted by molar-refractivity contribution is -0.132. The van der Waals surface area contributed by atoms with Gasteiger partial charge in [-0.2, -0.15) is 0 Å². The van der Waals surface area contributed by atoms with E-state index in [4.69, 9.17) is 11.6 Å². The maximum absolute atomic E-state index is 13.7. The minimum absolute atomic E-state index is 0.0550. The van der Waals surface area contributed by atoms with E-state index in [0.717, 1.165) is 19.4 Å². The van der Waals surface area contributed by atoms with Crippen LogP contribution < -0.4 is 0 Å². The van der Waals surface area contributed by atoms with Gasteiger partial charge in [-0.15, -0.1) is 0 Å². The van der Waals surface area contributed by atoms with Gasteiger partial charge in [0.05, 0.1) is 13.2 Å². The van der Waals surface area contributed by atoms with Crippen molar-refractivity contribution in [3.63, 3.8) is 0 Å². The second kappa shape index (κ2) is 7.20. The number of aliphatic hydroxyl groups excluding tert-OH is 1. The van der Waals surface area contributed by atoms with Crippen LogP contribution in [0.25, 0.3) is 0 Å². The van der Waals surface area contributed by atoms with Crippen LogP contribution in [0.4, 0.5) is 4.39 Å². The molecule has 2 rings (SSSR count). The van der Waals surface area contributed by atoms with Crippen LogP contribution >= 0.6 is 11.6 Å². The van der Waals surface area contributed by atoms with E-state index in [2.05, 4.69) is 0 Å². The summed E-state index contributed by atoms with van der Waals surface area (Å²) in [6.45, 7) is 1.26. The highest BCUT2D eigenvalue weighted by Gasteiger charge is 2.26. The number of carbonyl (C=O) groups excluding carboxylic acids is 1. The summed E-state index contributed by atoms with van der Waals surface area (Å²) in [5.41, 5.74) is 0.329. The van der Waals surface area contributed by atoms with Crippen molar-refractivity contribution in [2.75, 3.05) is 26.7 Å². The molecular formula is C15H20ClFN2O2. The predicted octanol–water partition coefficient (Wildman–Crippen LogP) is 1.89. The second-order valence-corrected chi connectivity index (χ2v) is 5.81. The Labute approximate surface area is 129 Å². The van der Waals surface area contributed by atoms with Crippen LogP contribution in [0.5, 0.6) is 0 Å². The van der Waals surface area contributed by atoms with Gasteiger partial charge in [0, 0.05) is 30.2 Å². The molecule has 0 saturated carbocycles. The number of halogens is 2. The van der Waals surface area contributed by atoms with Gasteiger partial charge in [0.2, 0.25) is 5.91 Å². The van der Waals surface area contributed by atoms with Crippen molar-refractivity contribution < 1.29 is 14.3 Å². The van der Waals surface area contributed by atoms with Crippen molar-refractivity contribution in [1.29, 1.82) is 0 Å². The van der Waals surface area contributed by atoms with Crippen molar-refractivity contribution in [3.05, 3.63) is 34.6 Å². The lowest BCUT2D eigenvalue weighted by atomic mass is 10.2. The van der Waals surface area contributed by atoms with Crippen LogP contribution in [0.15, 0.2) is 18.2 Å². The number of carbonyl (C=O) groups is 1. The Hall–Kier alpha value is -1.17. The number of hydrogen-bond acceptors (Lipinski definition) is 3. The molecule has 1 amide bonds. The van der Waals surface area contributed by atoms with Crippen LogP contribution in [0.3, 0.4) is 0 Å². The van der Waals surface area contributed by atoms with Crippen molar-refractivity contribution in [2.45, 2.75) is 25.4 Å². The third-order valence-corrected chi connectivity index (χ3v) is 4.29. The summed E-state index contributed by atoms with van der Waals surface area (Å²) in [6, 6.07) is 4.54. The summed E-state index contributed by atoms with van der Waals surface area (Å²) >= 11 is 5.97. The van der Waals surface area contributed by atoms with E-state index in [1.165, 1.54) is 11.0 Å². The van der Waals surface area contributed by atoms with Crippen LogP contribution in [-0.4, -0.2) is 53.6 Å². The predicted molar refractivity (Wildman–Crippen MR) is 79.6 cm³/mol.